The van der Waals surface area contributed by atoms with E-state index in [0.717, 1.165) is 0 Å². The number of hydrogen-bond acceptors (Lipinski definition) is 4. The molecule has 0 aromatic heterocycles. The zero-order valence-corrected chi connectivity index (χ0v) is 10.5. The maximum atomic E-state index is 12.0. The summed E-state index contributed by atoms with van der Waals surface area (Å²) in [5.41, 5.74) is 5.78. The highest BCUT2D eigenvalue weighted by atomic mass is 32.2. The van der Waals surface area contributed by atoms with Gasteiger partial charge in [-0.1, -0.05) is 6.07 Å². The lowest BCUT2D eigenvalue weighted by atomic mass is 10.2. The predicted octanol–water partition coefficient (Wildman–Crippen LogP) is -0.111. The van der Waals surface area contributed by atoms with Gasteiger partial charge in [0.1, 0.15) is 0 Å². The van der Waals surface area contributed by atoms with Crippen molar-refractivity contribution in [1.82, 2.24) is 5.32 Å². The van der Waals surface area contributed by atoms with Crippen molar-refractivity contribution in [2.24, 2.45) is 5.73 Å². The Morgan fingerprint density at radius 2 is 2.22 bits per heavy atom. The Balaban J connectivity index is 2.18. The molecular formula is C11H15N3O3S. The molecule has 4 N–H and O–H groups in total. The highest BCUT2D eigenvalue weighted by molar-refractivity contribution is 7.93. The van der Waals surface area contributed by atoms with Crippen LogP contribution in [0.5, 0.6) is 0 Å². The van der Waals surface area contributed by atoms with Crippen LogP contribution in [0.2, 0.25) is 0 Å². The SMILES string of the molecule is NC(=O)c1cccc(NS(=O)(=O)C2CCNC2)c1. The molecule has 0 saturated carbocycles. The fourth-order valence-electron chi connectivity index (χ4n) is 1.88. The van der Waals surface area contributed by atoms with Gasteiger partial charge in [-0.15, -0.1) is 0 Å². The van der Waals surface area contributed by atoms with E-state index in [2.05, 4.69) is 10.0 Å². The van der Waals surface area contributed by atoms with Crippen LogP contribution in [-0.4, -0.2) is 32.7 Å². The first kappa shape index (κ1) is 12.8. The van der Waals surface area contributed by atoms with Crippen molar-refractivity contribution in [2.75, 3.05) is 17.8 Å². The predicted molar refractivity (Wildman–Crippen MR) is 68.8 cm³/mol. The van der Waals surface area contributed by atoms with E-state index in [1.807, 2.05) is 0 Å². The minimum absolute atomic E-state index is 0.278. The van der Waals surface area contributed by atoms with Crippen LogP contribution in [0, 0.1) is 0 Å². The Hall–Kier alpha value is -1.60. The second kappa shape index (κ2) is 4.95. The first-order valence-electron chi connectivity index (χ1n) is 5.61. The van der Waals surface area contributed by atoms with Crippen LogP contribution in [0.15, 0.2) is 24.3 Å². The van der Waals surface area contributed by atoms with Gasteiger partial charge in [0.05, 0.1) is 5.25 Å². The van der Waals surface area contributed by atoms with E-state index in [9.17, 15) is 13.2 Å². The van der Waals surface area contributed by atoms with Gasteiger partial charge in [0.15, 0.2) is 0 Å². The number of anilines is 1. The Morgan fingerprint density at radius 3 is 2.83 bits per heavy atom. The van der Waals surface area contributed by atoms with E-state index in [1.54, 1.807) is 12.1 Å². The Kier molecular flexibility index (Phi) is 3.53. The van der Waals surface area contributed by atoms with E-state index in [4.69, 9.17) is 5.73 Å². The van der Waals surface area contributed by atoms with Crippen LogP contribution in [0.1, 0.15) is 16.8 Å². The van der Waals surface area contributed by atoms with Crippen LogP contribution in [0.25, 0.3) is 0 Å². The molecule has 1 heterocycles. The van der Waals surface area contributed by atoms with Crippen molar-refractivity contribution in [3.63, 3.8) is 0 Å². The number of primary amides is 1. The third kappa shape index (κ3) is 2.80. The molecule has 98 valence electrons. The highest BCUT2D eigenvalue weighted by Gasteiger charge is 2.28. The molecular weight excluding hydrogens is 254 g/mol. The molecule has 6 nitrogen and oxygen atoms in total. The smallest absolute Gasteiger partial charge is 0.248 e. The first-order chi connectivity index (χ1) is 8.49. The van der Waals surface area contributed by atoms with Gasteiger partial charge >= 0.3 is 0 Å². The van der Waals surface area contributed by atoms with Gasteiger partial charge in [-0.2, -0.15) is 0 Å². The van der Waals surface area contributed by atoms with Gasteiger partial charge in [-0.3, -0.25) is 9.52 Å². The maximum absolute atomic E-state index is 12.0. The summed E-state index contributed by atoms with van der Waals surface area (Å²) in [4.78, 5) is 11.0. The topological polar surface area (TPSA) is 101 Å². The second-order valence-electron chi connectivity index (χ2n) is 4.21. The molecule has 1 aromatic carbocycles. The molecule has 0 aliphatic carbocycles. The quantitative estimate of drug-likeness (QED) is 0.709. The van der Waals surface area contributed by atoms with E-state index in [1.165, 1.54) is 12.1 Å². The second-order valence-corrected chi connectivity index (χ2v) is 6.17. The number of nitrogens with two attached hydrogens (primary N) is 1. The monoisotopic (exact) mass is 269 g/mol. The van der Waals surface area contributed by atoms with Crippen molar-refractivity contribution in [3.05, 3.63) is 29.8 Å². The number of nitrogens with one attached hydrogen (secondary N) is 2. The van der Waals surface area contributed by atoms with Crippen LogP contribution in [0.3, 0.4) is 0 Å². The molecule has 0 bridgehead atoms. The molecule has 1 aliphatic heterocycles. The van der Waals surface area contributed by atoms with Gasteiger partial charge < -0.3 is 11.1 Å². The molecule has 18 heavy (non-hydrogen) atoms. The molecule has 1 fully saturated rings. The fraction of sp³-hybridized carbons (Fsp3) is 0.364. The normalized spacial score (nSPS) is 19.7. The molecule has 1 atom stereocenters. The van der Waals surface area contributed by atoms with E-state index in [0.29, 0.717) is 25.2 Å². The number of benzene rings is 1. The van der Waals surface area contributed by atoms with Gasteiger partial charge in [0.25, 0.3) is 0 Å². The first-order valence-corrected chi connectivity index (χ1v) is 7.16. The summed E-state index contributed by atoms with van der Waals surface area (Å²) in [6.45, 7) is 1.15. The summed E-state index contributed by atoms with van der Waals surface area (Å²) < 4.78 is 26.5. The summed E-state index contributed by atoms with van der Waals surface area (Å²) >= 11 is 0. The van der Waals surface area contributed by atoms with Gasteiger partial charge in [0.2, 0.25) is 15.9 Å². The maximum Gasteiger partial charge on any atom is 0.248 e. The average molecular weight is 269 g/mol. The number of carbonyl (C=O) groups is 1. The fourth-order valence-corrected chi connectivity index (χ4v) is 3.26. The number of sulfonamides is 1. The lowest BCUT2D eigenvalue weighted by Gasteiger charge is -2.13. The molecule has 1 amide bonds. The third-order valence-electron chi connectivity index (χ3n) is 2.86. The molecule has 1 saturated heterocycles. The number of hydrogen-bond donors (Lipinski definition) is 3. The van der Waals surface area contributed by atoms with Crippen molar-refractivity contribution in [2.45, 2.75) is 11.7 Å². The molecule has 7 heteroatoms. The largest absolute Gasteiger partial charge is 0.366 e. The van der Waals surface area contributed by atoms with Crippen LogP contribution < -0.4 is 15.8 Å². The molecule has 0 spiro atoms. The lowest BCUT2D eigenvalue weighted by Crippen LogP contribution is -2.29. The Bertz CT molecular complexity index is 550. The summed E-state index contributed by atoms with van der Waals surface area (Å²) in [5, 5.41) is 2.57. The Labute approximate surface area is 106 Å². The number of rotatable bonds is 4. The molecule has 1 aromatic rings. The molecule has 2 rings (SSSR count). The molecule has 1 aliphatic rings. The van der Waals surface area contributed by atoms with Crippen LogP contribution >= 0.6 is 0 Å². The standard InChI is InChI=1S/C11H15N3O3S/c12-11(15)8-2-1-3-9(6-8)14-18(16,17)10-4-5-13-7-10/h1-3,6,10,13-14H,4-5,7H2,(H2,12,15). The zero-order valence-electron chi connectivity index (χ0n) is 9.72. The van der Waals surface area contributed by atoms with Gasteiger partial charge in [-0.25, -0.2) is 8.42 Å². The zero-order chi connectivity index (χ0) is 13.2. The minimum atomic E-state index is -3.42. The van der Waals surface area contributed by atoms with Crippen molar-refractivity contribution in [3.8, 4) is 0 Å². The third-order valence-corrected chi connectivity index (χ3v) is 4.66. The summed E-state index contributed by atoms with van der Waals surface area (Å²) in [5.74, 6) is -0.585. The van der Waals surface area contributed by atoms with Crippen LogP contribution in [-0.2, 0) is 10.0 Å². The highest BCUT2D eigenvalue weighted by Crippen LogP contribution is 2.16. The van der Waals surface area contributed by atoms with Crippen molar-refractivity contribution >= 4 is 21.6 Å². The summed E-state index contributed by atoms with van der Waals surface area (Å²) in [6.07, 6.45) is 0.588. The minimum Gasteiger partial charge on any atom is -0.366 e. The van der Waals surface area contributed by atoms with Crippen molar-refractivity contribution < 1.29 is 13.2 Å². The van der Waals surface area contributed by atoms with E-state index in [-0.39, 0.29) is 5.56 Å². The number of amides is 1. The summed E-state index contributed by atoms with van der Waals surface area (Å²) in [6, 6.07) is 6.15. The Morgan fingerprint density at radius 1 is 1.44 bits per heavy atom. The van der Waals surface area contributed by atoms with Gasteiger partial charge in [0, 0.05) is 17.8 Å². The lowest BCUT2D eigenvalue weighted by molar-refractivity contribution is 0.100. The van der Waals surface area contributed by atoms with E-state index < -0.39 is 21.2 Å². The molecule has 0 radical (unpaired) electrons. The number of carbonyl (C=O) groups excluding carboxylic acids is 1. The molecule has 1 unspecified atom stereocenters. The average Bonchev–Trinajstić information content (AvgIpc) is 2.82. The van der Waals surface area contributed by atoms with Crippen molar-refractivity contribution in [1.29, 1.82) is 0 Å². The van der Waals surface area contributed by atoms with Gasteiger partial charge in [-0.05, 0) is 31.2 Å². The summed E-state index contributed by atoms with van der Waals surface area (Å²) in [7, 11) is -3.42. The van der Waals surface area contributed by atoms with E-state index >= 15 is 0 Å². The van der Waals surface area contributed by atoms with Crippen LogP contribution in [0.4, 0.5) is 5.69 Å².